The Morgan fingerprint density at radius 1 is 1.35 bits per heavy atom. The number of carbonyl (C=O) groups excluding carboxylic acids is 1. The molecule has 26 heavy (non-hydrogen) atoms. The van der Waals surface area contributed by atoms with Crippen LogP contribution >= 0.6 is 15.9 Å². The first-order valence-electron chi connectivity index (χ1n) is 8.04. The second kappa shape index (κ2) is 7.34. The van der Waals surface area contributed by atoms with Crippen molar-refractivity contribution in [2.75, 3.05) is 26.3 Å². The van der Waals surface area contributed by atoms with Gasteiger partial charge in [0.1, 0.15) is 28.5 Å². The summed E-state index contributed by atoms with van der Waals surface area (Å²) in [4.78, 5) is 29.7. The molecule has 9 nitrogen and oxygen atoms in total. The van der Waals surface area contributed by atoms with E-state index in [2.05, 4.69) is 36.2 Å². The maximum Gasteiger partial charge on any atom is 0.272 e. The molecule has 0 bridgehead atoms. The minimum absolute atomic E-state index is 0.132. The monoisotopic (exact) mass is 418 g/mol. The molecule has 0 saturated carbocycles. The van der Waals surface area contributed by atoms with Crippen molar-refractivity contribution >= 4 is 33.0 Å². The Morgan fingerprint density at radius 2 is 2.27 bits per heavy atom. The van der Waals surface area contributed by atoms with Gasteiger partial charge in [-0.15, -0.1) is 5.10 Å². The van der Waals surface area contributed by atoms with Crippen molar-refractivity contribution in [3.8, 4) is 0 Å². The number of morpholine rings is 1. The summed E-state index contributed by atoms with van der Waals surface area (Å²) in [5.74, 6) is -0.132. The van der Waals surface area contributed by atoms with Crippen LogP contribution in [-0.2, 0) is 4.74 Å². The molecule has 134 valence electrons. The summed E-state index contributed by atoms with van der Waals surface area (Å²) in [7, 11) is 0. The lowest BCUT2D eigenvalue weighted by Gasteiger charge is -2.32. The van der Waals surface area contributed by atoms with Crippen LogP contribution in [0.1, 0.15) is 10.5 Å². The molecule has 3 aromatic heterocycles. The number of amides is 1. The summed E-state index contributed by atoms with van der Waals surface area (Å²) in [5.41, 5.74) is 1.58. The van der Waals surface area contributed by atoms with Gasteiger partial charge in [0.15, 0.2) is 0 Å². The van der Waals surface area contributed by atoms with Crippen molar-refractivity contribution in [1.82, 2.24) is 30.0 Å². The Morgan fingerprint density at radius 3 is 3.15 bits per heavy atom. The molecule has 1 unspecified atom stereocenters. The minimum Gasteiger partial charge on any atom is -0.391 e. The Hall–Kier alpha value is -2.59. The third-order valence-electron chi connectivity index (χ3n) is 3.92. The average molecular weight is 419 g/mol. The number of halogens is 1. The number of hydrogen-bond donors (Lipinski definition) is 0. The number of rotatable bonds is 4. The molecule has 3 aromatic rings. The third kappa shape index (κ3) is 3.51. The third-order valence-corrected chi connectivity index (χ3v) is 4.37. The predicted molar refractivity (Wildman–Crippen MR) is 94.4 cm³/mol. The molecular formula is C16H15BrN6O3. The lowest BCUT2D eigenvalue weighted by Crippen LogP contribution is -2.48. The van der Waals surface area contributed by atoms with Gasteiger partial charge in [0, 0.05) is 12.7 Å². The molecule has 1 atom stereocenters. The molecule has 0 spiro atoms. The van der Waals surface area contributed by atoms with E-state index >= 15 is 0 Å². The summed E-state index contributed by atoms with van der Waals surface area (Å²) in [6.07, 6.45) is 1.37. The van der Waals surface area contributed by atoms with Crippen LogP contribution in [0.4, 0.5) is 0 Å². The zero-order valence-corrected chi connectivity index (χ0v) is 15.2. The van der Waals surface area contributed by atoms with E-state index in [1.54, 1.807) is 41.4 Å². The molecule has 1 aliphatic rings. The molecule has 4 rings (SSSR count). The first-order valence-corrected chi connectivity index (χ1v) is 8.83. The highest BCUT2D eigenvalue weighted by molar-refractivity contribution is 9.10. The number of carbonyl (C=O) groups is 1. The lowest BCUT2D eigenvalue weighted by molar-refractivity contribution is -0.0681. The first kappa shape index (κ1) is 16.9. The van der Waals surface area contributed by atoms with Crippen LogP contribution in [-0.4, -0.2) is 68.3 Å². The van der Waals surface area contributed by atoms with Gasteiger partial charge in [0.2, 0.25) is 5.65 Å². The molecule has 0 aliphatic carbocycles. The van der Waals surface area contributed by atoms with Gasteiger partial charge in [-0.1, -0.05) is 10.9 Å². The average Bonchev–Trinajstić information content (AvgIpc) is 3.09. The fourth-order valence-electron chi connectivity index (χ4n) is 2.68. The topological polar surface area (TPSA) is 95.3 Å². The largest absolute Gasteiger partial charge is 0.391 e. The molecule has 1 saturated heterocycles. The van der Waals surface area contributed by atoms with E-state index in [4.69, 9.17) is 9.57 Å². The Bertz CT molecular complexity index is 933. The Balaban J connectivity index is 1.40. The van der Waals surface area contributed by atoms with Gasteiger partial charge >= 0.3 is 0 Å². The van der Waals surface area contributed by atoms with E-state index in [0.29, 0.717) is 41.2 Å². The number of ether oxygens (including phenoxy) is 1. The van der Waals surface area contributed by atoms with Crippen molar-refractivity contribution in [3.05, 3.63) is 46.8 Å². The van der Waals surface area contributed by atoms with Crippen molar-refractivity contribution in [1.29, 1.82) is 0 Å². The predicted octanol–water partition coefficient (Wildman–Crippen LogP) is 0.954. The molecule has 1 aliphatic heterocycles. The molecule has 4 heterocycles. The molecule has 1 fully saturated rings. The van der Waals surface area contributed by atoms with Crippen molar-refractivity contribution < 1.29 is 14.4 Å². The maximum atomic E-state index is 12.6. The number of fused-ring (bicyclic) bond motifs is 1. The van der Waals surface area contributed by atoms with Crippen LogP contribution < -0.4 is 4.84 Å². The second-order valence-corrected chi connectivity index (χ2v) is 6.51. The number of nitrogens with zero attached hydrogens (tertiary/aromatic N) is 6. The summed E-state index contributed by atoms with van der Waals surface area (Å²) in [6, 6.07) is 8.85. The van der Waals surface area contributed by atoms with E-state index in [1.807, 2.05) is 0 Å². The van der Waals surface area contributed by atoms with Crippen LogP contribution in [0.25, 0.3) is 11.2 Å². The highest BCUT2D eigenvalue weighted by Gasteiger charge is 2.26. The van der Waals surface area contributed by atoms with E-state index in [0.717, 1.165) is 0 Å². The zero-order chi connectivity index (χ0) is 17.9. The smallest absolute Gasteiger partial charge is 0.272 e. The fourth-order valence-corrected chi connectivity index (χ4v) is 3.02. The van der Waals surface area contributed by atoms with Crippen LogP contribution in [0.15, 0.2) is 41.1 Å². The number of pyridine rings is 2. The summed E-state index contributed by atoms with van der Waals surface area (Å²) >= 11 is 3.28. The quantitative estimate of drug-likeness (QED) is 0.582. The lowest BCUT2D eigenvalue weighted by atomic mass is 10.2. The summed E-state index contributed by atoms with van der Waals surface area (Å²) < 4.78 is 6.32. The number of aromatic nitrogens is 5. The number of hydrogen-bond acceptors (Lipinski definition) is 7. The minimum atomic E-state index is -0.275. The van der Waals surface area contributed by atoms with Crippen molar-refractivity contribution in [2.45, 2.75) is 6.10 Å². The molecule has 0 aromatic carbocycles. The van der Waals surface area contributed by atoms with Gasteiger partial charge in [0.25, 0.3) is 5.91 Å². The summed E-state index contributed by atoms with van der Waals surface area (Å²) in [5, 5.41) is 7.90. The first-order chi connectivity index (χ1) is 12.7. The van der Waals surface area contributed by atoms with Gasteiger partial charge in [-0.25, -0.2) is 9.97 Å². The van der Waals surface area contributed by atoms with Crippen molar-refractivity contribution in [2.24, 2.45) is 0 Å². The second-order valence-electron chi connectivity index (χ2n) is 5.69. The zero-order valence-electron chi connectivity index (χ0n) is 13.7. The SMILES string of the molecule is O=C(c1cccc(Br)n1)N1CCOC(COn2nnc3cccnc32)C1. The highest BCUT2D eigenvalue weighted by Crippen LogP contribution is 2.12. The summed E-state index contributed by atoms with van der Waals surface area (Å²) in [6.45, 7) is 1.58. The van der Waals surface area contributed by atoms with Crippen LogP contribution in [0.5, 0.6) is 0 Å². The molecule has 1 amide bonds. The van der Waals surface area contributed by atoms with Gasteiger partial charge in [-0.3, -0.25) is 4.79 Å². The van der Waals surface area contributed by atoms with E-state index in [-0.39, 0.29) is 18.6 Å². The normalized spacial score (nSPS) is 17.4. The molecule has 10 heteroatoms. The van der Waals surface area contributed by atoms with Gasteiger partial charge < -0.3 is 14.5 Å². The van der Waals surface area contributed by atoms with E-state index in [9.17, 15) is 4.79 Å². The maximum absolute atomic E-state index is 12.6. The van der Waals surface area contributed by atoms with Crippen LogP contribution in [0, 0.1) is 0 Å². The van der Waals surface area contributed by atoms with Crippen molar-refractivity contribution in [3.63, 3.8) is 0 Å². The Labute approximate surface area is 157 Å². The van der Waals surface area contributed by atoms with E-state index in [1.165, 1.54) is 4.85 Å². The standard InChI is InChI=1S/C16H15BrN6O3/c17-14-5-1-3-13(19-14)16(24)22-7-8-25-11(9-22)10-26-23-15-12(20-21-23)4-2-6-18-15/h1-6,11H,7-10H2. The van der Waals surface area contributed by atoms with Gasteiger partial charge in [-0.2, -0.15) is 0 Å². The van der Waals surface area contributed by atoms with Gasteiger partial charge in [-0.05, 0) is 45.4 Å². The van der Waals surface area contributed by atoms with Crippen LogP contribution in [0.2, 0.25) is 0 Å². The van der Waals surface area contributed by atoms with Gasteiger partial charge in [0.05, 0.1) is 13.2 Å². The molecular weight excluding hydrogens is 404 g/mol. The fraction of sp³-hybridized carbons (Fsp3) is 0.312. The van der Waals surface area contributed by atoms with Crippen LogP contribution in [0.3, 0.4) is 0 Å². The highest BCUT2D eigenvalue weighted by atomic mass is 79.9. The molecule has 0 radical (unpaired) electrons. The molecule has 0 N–H and O–H groups in total. The Kier molecular flexibility index (Phi) is 4.76. The van der Waals surface area contributed by atoms with E-state index < -0.39 is 0 Å².